The number of aliphatic hydroxyl groups is 1. The number of rotatable bonds is 12. The number of unbranched alkanes of at least 4 members (excludes halogenated alkanes) is 7. The first-order valence-corrected chi connectivity index (χ1v) is 10.4. The van der Waals surface area contributed by atoms with Crippen molar-refractivity contribution in [3.05, 3.63) is 34.0 Å². The molecule has 0 saturated carbocycles. The Morgan fingerprint density at radius 3 is 2.54 bits per heavy atom. The summed E-state index contributed by atoms with van der Waals surface area (Å²) in [6, 6.07) is 0. The zero-order valence-electron chi connectivity index (χ0n) is 15.9. The number of halogens is 1. The highest BCUT2D eigenvalue weighted by Crippen LogP contribution is 2.37. The van der Waals surface area contributed by atoms with Gasteiger partial charge < -0.3 is 9.84 Å². The minimum atomic E-state index is -0.335. The number of allylic oxidation sites excluding steroid dienone is 4. The monoisotopic (exact) mass is 426 g/mol. The van der Waals surface area contributed by atoms with Gasteiger partial charge in [0.2, 0.25) is 0 Å². The molecule has 0 fully saturated rings. The number of methoxy groups -OCH3 is 1. The summed E-state index contributed by atoms with van der Waals surface area (Å²) in [5, 5.41) is 10.2. The minimum absolute atomic E-state index is 0.108. The molecule has 0 amide bonds. The van der Waals surface area contributed by atoms with Gasteiger partial charge in [-0.15, -0.1) is 0 Å². The second-order valence-electron chi connectivity index (χ2n) is 6.62. The van der Waals surface area contributed by atoms with Gasteiger partial charge in [-0.05, 0) is 48.0 Å². The van der Waals surface area contributed by atoms with E-state index in [2.05, 4.69) is 33.7 Å². The molecule has 0 spiro atoms. The molecule has 0 aromatic carbocycles. The van der Waals surface area contributed by atoms with E-state index in [9.17, 15) is 14.7 Å². The maximum absolute atomic E-state index is 12.3. The molecule has 5 heteroatoms. The van der Waals surface area contributed by atoms with Crippen LogP contribution in [0.15, 0.2) is 34.0 Å². The third-order valence-electron chi connectivity index (χ3n) is 4.55. The van der Waals surface area contributed by atoms with Gasteiger partial charge in [-0.25, -0.2) is 0 Å². The fourth-order valence-electron chi connectivity index (χ4n) is 2.95. The molecule has 1 atom stereocenters. The van der Waals surface area contributed by atoms with Gasteiger partial charge in [-0.2, -0.15) is 0 Å². The Bertz CT molecular complexity index is 560. The first-order valence-electron chi connectivity index (χ1n) is 9.59. The van der Waals surface area contributed by atoms with Gasteiger partial charge in [0.25, 0.3) is 0 Å². The third kappa shape index (κ3) is 7.48. The third-order valence-corrected chi connectivity index (χ3v) is 5.31. The molecule has 146 valence electrons. The van der Waals surface area contributed by atoms with Crippen LogP contribution in [0.25, 0.3) is 0 Å². The molecule has 1 rings (SSSR count). The molecule has 0 bridgehead atoms. The van der Waals surface area contributed by atoms with Crippen LogP contribution in [-0.4, -0.2) is 24.0 Å². The topological polar surface area (TPSA) is 63.6 Å². The Morgan fingerprint density at radius 2 is 1.85 bits per heavy atom. The number of ether oxygens (including phenoxy) is 1. The number of Topliss-reactive ketones (excluding diaryl/α,β-unsaturated/α-hetero) is 1. The van der Waals surface area contributed by atoms with E-state index >= 15 is 0 Å². The molecule has 1 N–H and O–H groups in total. The first kappa shape index (κ1) is 22.7. The van der Waals surface area contributed by atoms with Crippen molar-refractivity contribution in [3.8, 4) is 0 Å². The van der Waals surface area contributed by atoms with Crippen molar-refractivity contribution in [1.82, 2.24) is 0 Å². The van der Waals surface area contributed by atoms with E-state index in [0.29, 0.717) is 12.0 Å². The summed E-state index contributed by atoms with van der Waals surface area (Å²) in [6.07, 6.45) is 15.5. The number of hydrogen-bond donors (Lipinski definition) is 1. The molecular weight excluding hydrogens is 396 g/mol. The zero-order valence-corrected chi connectivity index (χ0v) is 17.5. The summed E-state index contributed by atoms with van der Waals surface area (Å²) in [7, 11) is 1.40. The molecule has 26 heavy (non-hydrogen) atoms. The Morgan fingerprint density at radius 1 is 1.15 bits per heavy atom. The SMILES string of the molecule is CCCCCCC=CC1C(=CCCCCCC(=O)OC)C(=O)C(Br)=C1O. The van der Waals surface area contributed by atoms with Crippen LogP contribution in [0.3, 0.4) is 0 Å². The molecule has 1 unspecified atom stereocenters. The lowest BCUT2D eigenvalue weighted by atomic mass is 9.97. The molecule has 0 aliphatic heterocycles. The summed E-state index contributed by atoms with van der Waals surface area (Å²) in [6.45, 7) is 2.19. The van der Waals surface area contributed by atoms with Crippen molar-refractivity contribution in [2.45, 2.75) is 71.1 Å². The molecule has 0 aromatic rings. The number of hydrogen-bond acceptors (Lipinski definition) is 4. The van der Waals surface area contributed by atoms with Gasteiger partial charge in [0.15, 0.2) is 5.78 Å². The molecule has 4 nitrogen and oxygen atoms in total. The number of esters is 1. The summed E-state index contributed by atoms with van der Waals surface area (Å²) in [5.74, 6) is -0.538. The Hall–Kier alpha value is -1.36. The number of aliphatic hydroxyl groups excluding tert-OH is 1. The predicted octanol–water partition coefficient (Wildman–Crippen LogP) is 5.93. The van der Waals surface area contributed by atoms with E-state index < -0.39 is 0 Å². The van der Waals surface area contributed by atoms with Crippen LogP contribution in [0.2, 0.25) is 0 Å². The van der Waals surface area contributed by atoms with Gasteiger partial charge >= 0.3 is 5.97 Å². The highest BCUT2D eigenvalue weighted by Gasteiger charge is 2.34. The standard InChI is InChI=1S/C21H31BrO4/c1-3-4-5-6-7-10-13-16-17(21(25)19(22)20(16)24)14-11-8-9-12-15-18(23)26-2/h10,13-14,16,24H,3-9,11-12,15H2,1-2H3. The van der Waals surface area contributed by atoms with Gasteiger partial charge in [-0.1, -0.05) is 50.8 Å². The number of carbonyl (C=O) groups is 2. The normalized spacial score (nSPS) is 19.1. The smallest absolute Gasteiger partial charge is 0.305 e. The Labute approximate surface area is 165 Å². The predicted molar refractivity (Wildman–Crippen MR) is 108 cm³/mol. The van der Waals surface area contributed by atoms with Gasteiger partial charge in [0.1, 0.15) is 10.2 Å². The van der Waals surface area contributed by atoms with Gasteiger partial charge in [-0.3, -0.25) is 9.59 Å². The van der Waals surface area contributed by atoms with Crippen LogP contribution in [0, 0.1) is 5.92 Å². The fraction of sp³-hybridized carbons (Fsp3) is 0.619. The maximum Gasteiger partial charge on any atom is 0.305 e. The quantitative estimate of drug-likeness (QED) is 0.182. The van der Waals surface area contributed by atoms with E-state index in [1.54, 1.807) is 0 Å². The van der Waals surface area contributed by atoms with Crippen molar-refractivity contribution < 1.29 is 19.4 Å². The number of carbonyl (C=O) groups excluding carboxylic acids is 2. The zero-order chi connectivity index (χ0) is 19.4. The van der Waals surface area contributed by atoms with E-state index in [4.69, 9.17) is 0 Å². The lowest BCUT2D eigenvalue weighted by Gasteiger charge is -2.07. The van der Waals surface area contributed by atoms with Crippen molar-refractivity contribution in [3.63, 3.8) is 0 Å². The number of ketones is 1. The first-order chi connectivity index (χ1) is 12.5. The van der Waals surface area contributed by atoms with Crippen molar-refractivity contribution >= 4 is 27.7 Å². The Kier molecular flexibility index (Phi) is 11.3. The summed E-state index contributed by atoms with van der Waals surface area (Å²) in [5.41, 5.74) is 0.646. The average molecular weight is 427 g/mol. The largest absolute Gasteiger partial charge is 0.510 e. The Balaban J connectivity index is 2.51. The lowest BCUT2D eigenvalue weighted by molar-refractivity contribution is -0.140. The van der Waals surface area contributed by atoms with E-state index in [1.165, 1.54) is 26.4 Å². The van der Waals surface area contributed by atoms with Crippen LogP contribution < -0.4 is 0 Å². The molecule has 0 heterocycles. The van der Waals surface area contributed by atoms with Crippen LogP contribution in [-0.2, 0) is 14.3 Å². The molecule has 1 aliphatic rings. The van der Waals surface area contributed by atoms with Gasteiger partial charge in [0, 0.05) is 12.0 Å². The molecule has 0 radical (unpaired) electrons. The van der Waals surface area contributed by atoms with Crippen LogP contribution >= 0.6 is 15.9 Å². The van der Waals surface area contributed by atoms with Crippen molar-refractivity contribution in [2.75, 3.05) is 7.11 Å². The van der Waals surface area contributed by atoms with Crippen molar-refractivity contribution in [2.24, 2.45) is 5.92 Å². The van der Waals surface area contributed by atoms with E-state index in [-0.39, 0.29) is 27.9 Å². The molecular formula is C21H31BrO4. The van der Waals surface area contributed by atoms with E-state index in [0.717, 1.165) is 38.5 Å². The van der Waals surface area contributed by atoms with Crippen LogP contribution in [0.4, 0.5) is 0 Å². The second-order valence-corrected chi connectivity index (χ2v) is 7.41. The summed E-state index contributed by atoms with van der Waals surface area (Å²) in [4.78, 5) is 23.4. The van der Waals surface area contributed by atoms with Crippen molar-refractivity contribution in [1.29, 1.82) is 0 Å². The summed E-state index contributed by atoms with van der Waals surface area (Å²) >= 11 is 3.20. The molecule has 0 aromatic heterocycles. The van der Waals surface area contributed by atoms with E-state index in [1.807, 2.05) is 12.2 Å². The highest BCUT2D eigenvalue weighted by atomic mass is 79.9. The van der Waals surface area contributed by atoms with Crippen LogP contribution in [0.5, 0.6) is 0 Å². The minimum Gasteiger partial charge on any atom is -0.510 e. The fourth-order valence-corrected chi connectivity index (χ4v) is 3.43. The summed E-state index contributed by atoms with van der Waals surface area (Å²) < 4.78 is 4.89. The lowest BCUT2D eigenvalue weighted by Crippen LogP contribution is -2.03. The van der Waals surface area contributed by atoms with Crippen LogP contribution in [0.1, 0.15) is 71.1 Å². The highest BCUT2D eigenvalue weighted by molar-refractivity contribution is 9.12. The second kappa shape index (κ2) is 12.9. The molecule has 0 saturated heterocycles. The van der Waals surface area contributed by atoms with Gasteiger partial charge in [0.05, 0.1) is 13.0 Å². The molecule has 1 aliphatic carbocycles. The maximum atomic E-state index is 12.3. The average Bonchev–Trinajstić information content (AvgIpc) is 2.84.